The largest absolute Gasteiger partial charge is 0.492 e. The molecule has 2 aromatic rings. The fourth-order valence-electron chi connectivity index (χ4n) is 2.90. The summed E-state index contributed by atoms with van der Waals surface area (Å²) < 4.78 is 13.7. The van der Waals surface area contributed by atoms with Crippen LogP contribution in [0.25, 0.3) is 5.47 Å². The van der Waals surface area contributed by atoms with Crippen LogP contribution in [0.15, 0.2) is 59.8 Å². The van der Waals surface area contributed by atoms with Crippen LogP contribution < -0.4 is 10.6 Å². The Morgan fingerprint density at radius 3 is 1.95 bits per heavy atom. The third-order valence-corrected chi connectivity index (χ3v) is 7.02. The molecule has 4 N–H and O–H groups in total. The lowest BCUT2D eigenvalue weighted by Gasteiger charge is -2.18. The molecule has 1 unspecified atom stereocenters. The highest BCUT2D eigenvalue weighted by molar-refractivity contribution is 7.85. The molecule has 1 aliphatic heterocycles. The van der Waals surface area contributed by atoms with E-state index in [2.05, 4.69) is 0 Å². The highest BCUT2D eigenvalue weighted by Gasteiger charge is 2.49. The van der Waals surface area contributed by atoms with Crippen LogP contribution in [0.5, 0.6) is 0 Å². The van der Waals surface area contributed by atoms with Crippen LogP contribution in [0.4, 0.5) is 0 Å². The van der Waals surface area contributed by atoms with Crippen LogP contribution in [-0.4, -0.2) is 34.3 Å². The van der Waals surface area contributed by atoms with Crippen molar-refractivity contribution in [3.63, 3.8) is 0 Å². The normalized spacial score (nSPS) is 20.0. The van der Waals surface area contributed by atoms with Gasteiger partial charge in [-0.2, -0.15) is 0 Å². The van der Waals surface area contributed by atoms with E-state index in [1.165, 1.54) is 0 Å². The summed E-state index contributed by atoms with van der Waals surface area (Å²) >= 11 is 0. The van der Waals surface area contributed by atoms with E-state index in [-0.39, 0.29) is 10.7 Å². The van der Waals surface area contributed by atoms with E-state index in [0.29, 0.717) is 16.2 Å². The van der Waals surface area contributed by atoms with Crippen LogP contribution in [-0.2, 0) is 4.57 Å². The molecule has 110 valence electrons. The van der Waals surface area contributed by atoms with Gasteiger partial charge in [0.05, 0.1) is 0 Å². The lowest BCUT2D eigenvalue weighted by molar-refractivity contribution is 0.417. The number of fused-ring (bicyclic) bond motifs is 1. The third-order valence-electron chi connectivity index (χ3n) is 3.77. The standard InChI is InChI=1S/C14H13B2O5P/c17-15(18)13-11-8-4-5-9-12(11)22(21,14(13)16(19)20)10-6-2-1-3-7-10/h1-9,17-20H. The molecule has 0 aliphatic carbocycles. The van der Waals surface area contributed by atoms with Crippen molar-refractivity contribution in [2.45, 2.75) is 0 Å². The van der Waals surface area contributed by atoms with E-state index in [4.69, 9.17) is 0 Å². The summed E-state index contributed by atoms with van der Waals surface area (Å²) in [6.07, 6.45) is 0. The molecule has 3 rings (SSSR count). The van der Waals surface area contributed by atoms with Gasteiger partial charge in [0.1, 0.15) is 0 Å². The van der Waals surface area contributed by atoms with Crippen LogP contribution in [0, 0.1) is 0 Å². The van der Waals surface area contributed by atoms with Gasteiger partial charge in [-0.1, -0.05) is 54.6 Å². The lowest BCUT2D eigenvalue weighted by atomic mass is 9.69. The molecular formula is C14H13B2O5P. The second kappa shape index (κ2) is 5.54. The molecule has 8 heteroatoms. The van der Waals surface area contributed by atoms with Gasteiger partial charge in [0, 0.05) is 15.8 Å². The van der Waals surface area contributed by atoms with Gasteiger partial charge < -0.3 is 24.7 Å². The second-order valence-electron chi connectivity index (χ2n) is 5.01. The third kappa shape index (κ3) is 2.10. The summed E-state index contributed by atoms with van der Waals surface area (Å²) in [5.41, 5.74) is 0.269. The average molecular weight is 314 g/mol. The molecule has 0 amide bonds. The molecule has 22 heavy (non-hydrogen) atoms. The smallest absolute Gasteiger partial charge is 0.423 e. The molecule has 0 radical (unpaired) electrons. The van der Waals surface area contributed by atoms with Crippen molar-refractivity contribution in [2.75, 3.05) is 0 Å². The first-order chi connectivity index (χ1) is 10.5. The summed E-state index contributed by atoms with van der Waals surface area (Å²) in [7, 11) is -7.52. The van der Waals surface area contributed by atoms with E-state index in [0.717, 1.165) is 0 Å². The average Bonchev–Trinajstić information content (AvgIpc) is 2.79. The Morgan fingerprint density at radius 2 is 1.36 bits per heavy atom. The number of hydrogen-bond donors (Lipinski definition) is 4. The van der Waals surface area contributed by atoms with Crippen LogP contribution >= 0.6 is 7.14 Å². The maximum absolute atomic E-state index is 13.7. The Labute approximate surface area is 128 Å². The summed E-state index contributed by atoms with van der Waals surface area (Å²) in [5, 5.41) is 39.3. The summed E-state index contributed by atoms with van der Waals surface area (Å²) in [5.74, 6) is 0. The number of hydrogen-bond acceptors (Lipinski definition) is 5. The van der Waals surface area contributed by atoms with E-state index >= 15 is 0 Å². The van der Waals surface area contributed by atoms with E-state index in [1.807, 2.05) is 0 Å². The van der Waals surface area contributed by atoms with Gasteiger partial charge in [0.25, 0.3) is 0 Å². The van der Waals surface area contributed by atoms with Gasteiger partial charge in [-0.25, -0.2) is 0 Å². The number of benzene rings is 2. The Hall–Kier alpha value is -1.62. The molecule has 0 bridgehead atoms. The Bertz CT molecular complexity index is 789. The van der Waals surface area contributed by atoms with Gasteiger partial charge in [0.2, 0.25) is 0 Å². The van der Waals surface area contributed by atoms with E-state index in [1.54, 1.807) is 54.6 Å². The summed E-state index contributed by atoms with van der Waals surface area (Å²) in [6.45, 7) is 0. The van der Waals surface area contributed by atoms with Crippen molar-refractivity contribution in [3.05, 3.63) is 65.4 Å². The Kier molecular flexibility index (Phi) is 3.85. The molecule has 1 heterocycles. The predicted molar refractivity (Wildman–Crippen MR) is 87.1 cm³/mol. The van der Waals surface area contributed by atoms with Crippen molar-refractivity contribution >= 4 is 37.5 Å². The zero-order valence-corrected chi connectivity index (χ0v) is 12.4. The van der Waals surface area contributed by atoms with Gasteiger partial charge in [-0.15, -0.1) is 0 Å². The van der Waals surface area contributed by atoms with Crippen molar-refractivity contribution in [3.8, 4) is 0 Å². The van der Waals surface area contributed by atoms with Gasteiger partial charge >= 0.3 is 14.2 Å². The summed E-state index contributed by atoms with van der Waals surface area (Å²) in [4.78, 5) is 0. The molecule has 1 atom stereocenters. The minimum Gasteiger partial charge on any atom is -0.423 e. The maximum atomic E-state index is 13.7. The Balaban J connectivity index is 2.40. The van der Waals surface area contributed by atoms with Gasteiger partial charge in [-0.3, -0.25) is 0 Å². The van der Waals surface area contributed by atoms with Crippen molar-refractivity contribution in [1.82, 2.24) is 0 Å². The Morgan fingerprint density at radius 1 is 0.773 bits per heavy atom. The second-order valence-corrected chi connectivity index (χ2v) is 7.71. The zero-order valence-electron chi connectivity index (χ0n) is 11.5. The molecule has 1 aliphatic rings. The monoisotopic (exact) mass is 314 g/mol. The first-order valence-corrected chi connectivity index (χ1v) is 8.41. The van der Waals surface area contributed by atoms with E-state index < -0.39 is 21.4 Å². The predicted octanol–water partition coefficient (Wildman–Crippen LogP) is -0.251. The molecule has 0 aromatic heterocycles. The zero-order chi connectivity index (χ0) is 15.9. The number of rotatable bonds is 3. The van der Waals surface area contributed by atoms with Crippen LogP contribution in [0.2, 0.25) is 0 Å². The van der Waals surface area contributed by atoms with Gasteiger partial charge in [-0.05, 0) is 11.0 Å². The first kappa shape index (κ1) is 15.3. The molecule has 0 saturated heterocycles. The van der Waals surface area contributed by atoms with Crippen molar-refractivity contribution < 1.29 is 24.7 Å². The van der Waals surface area contributed by atoms with E-state index in [9.17, 15) is 24.7 Å². The fourth-order valence-corrected chi connectivity index (χ4v) is 6.04. The lowest BCUT2D eigenvalue weighted by Crippen LogP contribution is -2.24. The molecular weight excluding hydrogens is 301 g/mol. The molecule has 2 aromatic carbocycles. The van der Waals surface area contributed by atoms with Crippen LogP contribution in [0.1, 0.15) is 5.56 Å². The quantitative estimate of drug-likeness (QED) is 0.463. The van der Waals surface area contributed by atoms with Gasteiger partial charge in [0.15, 0.2) is 7.14 Å². The maximum Gasteiger partial charge on any atom is 0.492 e. The highest BCUT2D eigenvalue weighted by Crippen LogP contribution is 2.60. The highest BCUT2D eigenvalue weighted by atomic mass is 31.2. The topological polar surface area (TPSA) is 98.0 Å². The van der Waals surface area contributed by atoms with Crippen molar-refractivity contribution in [1.29, 1.82) is 0 Å². The minimum atomic E-state index is -3.53. The molecule has 0 saturated carbocycles. The first-order valence-electron chi connectivity index (χ1n) is 6.70. The summed E-state index contributed by atoms with van der Waals surface area (Å²) in [6, 6.07) is 15.0. The minimum absolute atomic E-state index is 0.0993. The van der Waals surface area contributed by atoms with Crippen LogP contribution in [0.3, 0.4) is 0 Å². The molecule has 0 fully saturated rings. The molecule has 5 nitrogen and oxygen atoms in total. The fraction of sp³-hybridized carbons (Fsp3) is 0. The molecule has 0 spiro atoms. The van der Waals surface area contributed by atoms with Crippen molar-refractivity contribution in [2.24, 2.45) is 0 Å². The SMILES string of the molecule is O=P1(c2ccccc2)C(B(O)O)=C(B(O)O)c2ccccc21.